The van der Waals surface area contributed by atoms with Crippen molar-refractivity contribution in [2.45, 2.75) is 16.5 Å². The summed E-state index contributed by atoms with van der Waals surface area (Å²) in [5.74, 6) is 0.565. The zero-order valence-electron chi connectivity index (χ0n) is 17.1. The number of amides is 1. The number of aromatic nitrogens is 4. The van der Waals surface area contributed by atoms with Crippen LogP contribution < -0.4 is 5.32 Å². The van der Waals surface area contributed by atoms with Crippen molar-refractivity contribution in [3.05, 3.63) is 83.0 Å². The Kier molecular flexibility index (Phi) is 6.17. The SMILES string of the molecule is N#Cc1ccc(CSc2nnc(NC(=O)Cc3csc4nc(-c5ccccc5)cn34)s2)cc1. The van der Waals surface area contributed by atoms with E-state index in [-0.39, 0.29) is 12.3 Å². The highest BCUT2D eigenvalue weighted by molar-refractivity contribution is 8.00. The van der Waals surface area contributed by atoms with Gasteiger partial charge in [-0.05, 0) is 17.7 Å². The molecule has 5 rings (SSSR count). The third-order valence-electron chi connectivity index (χ3n) is 4.79. The average Bonchev–Trinajstić information content (AvgIpc) is 3.56. The molecule has 0 aliphatic heterocycles. The van der Waals surface area contributed by atoms with Gasteiger partial charge in [-0.3, -0.25) is 9.20 Å². The Labute approximate surface area is 201 Å². The molecule has 7 nitrogen and oxygen atoms in total. The maximum Gasteiger partial charge on any atom is 0.232 e. The van der Waals surface area contributed by atoms with Gasteiger partial charge in [0, 0.05) is 28.6 Å². The van der Waals surface area contributed by atoms with Crippen molar-refractivity contribution in [3.63, 3.8) is 0 Å². The summed E-state index contributed by atoms with van der Waals surface area (Å²) in [7, 11) is 0. The number of rotatable bonds is 7. The summed E-state index contributed by atoms with van der Waals surface area (Å²) in [5, 5.41) is 22.4. The molecule has 0 bridgehead atoms. The van der Waals surface area contributed by atoms with Gasteiger partial charge < -0.3 is 5.32 Å². The molecule has 5 aromatic rings. The van der Waals surface area contributed by atoms with Gasteiger partial charge in [-0.25, -0.2) is 4.98 Å². The highest BCUT2D eigenvalue weighted by atomic mass is 32.2. The van der Waals surface area contributed by atoms with Gasteiger partial charge >= 0.3 is 0 Å². The Morgan fingerprint density at radius 3 is 2.73 bits per heavy atom. The zero-order chi connectivity index (χ0) is 22.6. The number of nitrogens with one attached hydrogen (secondary N) is 1. The number of thioether (sulfide) groups is 1. The first-order valence-electron chi connectivity index (χ1n) is 9.94. The van der Waals surface area contributed by atoms with Gasteiger partial charge in [0.2, 0.25) is 11.0 Å². The number of nitrogens with zero attached hydrogens (tertiary/aromatic N) is 5. The molecule has 0 aliphatic rings. The van der Waals surface area contributed by atoms with Crippen molar-refractivity contribution >= 4 is 50.4 Å². The van der Waals surface area contributed by atoms with E-state index in [4.69, 9.17) is 5.26 Å². The second kappa shape index (κ2) is 9.54. The van der Waals surface area contributed by atoms with E-state index in [2.05, 4.69) is 26.6 Å². The minimum Gasteiger partial charge on any atom is -0.300 e. The molecule has 0 fully saturated rings. The molecule has 3 aromatic heterocycles. The maximum absolute atomic E-state index is 12.6. The largest absolute Gasteiger partial charge is 0.300 e. The van der Waals surface area contributed by atoms with Crippen LogP contribution in [0.1, 0.15) is 16.8 Å². The highest BCUT2D eigenvalue weighted by Gasteiger charge is 2.14. The van der Waals surface area contributed by atoms with Crippen LogP contribution in [0.2, 0.25) is 0 Å². The van der Waals surface area contributed by atoms with Gasteiger partial charge in [-0.1, -0.05) is 65.6 Å². The van der Waals surface area contributed by atoms with E-state index in [1.165, 1.54) is 22.7 Å². The fourth-order valence-electron chi connectivity index (χ4n) is 3.17. The van der Waals surface area contributed by atoms with E-state index in [1.54, 1.807) is 23.9 Å². The molecular weight excluding hydrogens is 472 g/mol. The molecule has 0 unspecified atom stereocenters. The standard InChI is InChI=1S/C23H16N6OS3/c24-11-15-6-8-16(9-7-15)13-32-23-28-27-21(33-23)26-20(30)10-18-14-31-22-25-19(12-29(18)22)17-4-2-1-3-5-17/h1-9,12,14H,10,13H2,(H,26,27,30). The summed E-state index contributed by atoms with van der Waals surface area (Å²) in [6.45, 7) is 0. The van der Waals surface area contributed by atoms with E-state index in [9.17, 15) is 4.79 Å². The number of imidazole rings is 1. The Balaban J connectivity index is 1.20. The topological polar surface area (TPSA) is 96.0 Å². The predicted octanol–water partition coefficient (Wildman–Crippen LogP) is 5.26. The number of benzene rings is 2. The van der Waals surface area contributed by atoms with Crippen LogP contribution in [0.5, 0.6) is 0 Å². The van der Waals surface area contributed by atoms with E-state index in [0.29, 0.717) is 16.4 Å². The average molecular weight is 489 g/mol. The van der Waals surface area contributed by atoms with Crippen molar-refractivity contribution < 1.29 is 4.79 Å². The summed E-state index contributed by atoms with van der Waals surface area (Å²) in [4.78, 5) is 18.1. The number of hydrogen-bond donors (Lipinski definition) is 1. The molecular formula is C23H16N6OS3. The van der Waals surface area contributed by atoms with Crippen molar-refractivity contribution in [1.82, 2.24) is 19.6 Å². The van der Waals surface area contributed by atoms with Crippen LogP contribution in [0.4, 0.5) is 5.13 Å². The molecule has 10 heteroatoms. The first-order chi connectivity index (χ1) is 16.2. The van der Waals surface area contributed by atoms with Crippen LogP contribution in [-0.4, -0.2) is 25.5 Å². The van der Waals surface area contributed by atoms with Crippen molar-refractivity contribution in [1.29, 1.82) is 5.26 Å². The molecule has 0 radical (unpaired) electrons. The van der Waals surface area contributed by atoms with Crippen LogP contribution in [0.3, 0.4) is 0 Å². The van der Waals surface area contributed by atoms with E-state index < -0.39 is 0 Å². The van der Waals surface area contributed by atoms with Crippen molar-refractivity contribution in [2.24, 2.45) is 0 Å². The fraction of sp³-hybridized carbons (Fsp3) is 0.0870. The van der Waals surface area contributed by atoms with Crippen molar-refractivity contribution in [2.75, 3.05) is 5.32 Å². The summed E-state index contributed by atoms with van der Waals surface area (Å²) in [6.07, 6.45) is 2.19. The number of carbonyl (C=O) groups is 1. The van der Waals surface area contributed by atoms with Gasteiger partial charge in [0.25, 0.3) is 0 Å². The summed E-state index contributed by atoms with van der Waals surface area (Å²) >= 11 is 4.40. The van der Waals surface area contributed by atoms with Gasteiger partial charge in [0.1, 0.15) is 0 Å². The number of fused-ring (bicyclic) bond motifs is 1. The predicted molar refractivity (Wildman–Crippen MR) is 131 cm³/mol. The maximum atomic E-state index is 12.6. The summed E-state index contributed by atoms with van der Waals surface area (Å²) in [6, 6.07) is 19.5. The van der Waals surface area contributed by atoms with E-state index in [0.717, 1.165) is 31.8 Å². The lowest BCUT2D eigenvalue weighted by atomic mass is 10.2. The molecule has 3 heterocycles. The van der Waals surface area contributed by atoms with E-state index in [1.807, 2.05) is 58.4 Å². The molecule has 1 N–H and O–H groups in total. The highest BCUT2D eigenvalue weighted by Crippen LogP contribution is 2.29. The first kappa shape index (κ1) is 21.3. The third kappa shape index (κ3) is 4.96. The molecule has 2 aromatic carbocycles. The minimum atomic E-state index is -0.149. The molecule has 0 saturated heterocycles. The van der Waals surface area contributed by atoms with Crippen LogP contribution in [0, 0.1) is 11.3 Å². The molecule has 1 amide bonds. The number of thiazole rings is 1. The zero-order valence-corrected chi connectivity index (χ0v) is 19.6. The number of hydrogen-bond acceptors (Lipinski definition) is 8. The molecule has 0 spiro atoms. The first-order valence-corrected chi connectivity index (χ1v) is 12.6. The minimum absolute atomic E-state index is 0.149. The van der Waals surface area contributed by atoms with Crippen molar-refractivity contribution in [3.8, 4) is 17.3 Å². The fourth-order valence-corrected chi connectivity index (χ4v) is 5.77. The van der Waals surface area contributed by atoms with E-state index >= 15 is 0 Å². The number of carbonyl (C=O) groups excluding carboxylic acids is 1. The summed E-state index contributed by atoms with van der Waals surface area (Å²) < 4.78 is 2.74. The molecule has 0 aliphatic carbocycles. The lowest BCUT2D eigenvalue weighted by molar-refractivity contribution is -0.115. The smallest absolute Gasteiger partial charge is 0.232 e. The monoisotopic (exact) mass is 488 g/mol. The Hall–Kier alpha value is -3.52. The van der Waals surface area contributed by atoms with Crippen LogP contribution >= 0.6 is 34.4 Å². The quantitative estimate of drug-likeness (QED) is 0.248. The second-order valence-electron chi connectivity index (χ2n) is 7.07. The normalized spacial score (nSPS) is 10.9. The summed E-state index contributed by atoms with van der Waals surface area (Å²) in [5.41, 5.74) is 4.54. The Bertz CT molecular complexity index is 1450. The van der Waals surface area contributed by atoms with Gasteiger partial charge in [0.15, 0.2) is 9.30 Å². The van der Waals surface area contributed by atoms with Crippen LogP contribution in [0.25, 0.3) is 16.2 Å². The molecule has 0 saturated carbocycles. The van der Waals surface area contributed by atoms with Gasteiger partial charge in [-0.15, -0.1) is 21.5 Å². The Morgan fingerprint density at radius 2 is 1.94 bits per heavy atom. The van der Waals surface area contributed by atoms with Gasteiger partial charge in [0.05, 0.1) is 23.7 Å². The number of anilines is 1. The second-order valence-corrected chi connectivity index (χ2v) is 10.1. The lowest BCUT2D eigenvalue weighted by Crippen LogP contribution is -2.15. The van der Waals surface area contributed by atoms with Gasteiger partial charge in [-0.2, -0.15) is 5.26 Å². The number of nitriles is 1. The molecule has 0 atom stereocenters. The van der Waals surface area contributed by atoms with Crippen LogP contribution in [-0.2, 0) is 17.0 Å². The van der Waals surface area contributed by atoms with Crippen LogP contribution in [0.15, 0.2) is 70.5 Å². The Morgan fingerprint density at radius 1 is 1.12 bits per heavy atom. The molecule has 162 valence electrons. The lowest BCUT2D eigenvalue weighted by Gasteiger charge is -2.00. The third-order valence-corrected chi connectivity index (χ3v) is 7.72. The molecule has 33 heavy (non-hydrogen) atoms.